The van der Waals surface area contributed by atoms with Crippen molar-refractivity contribution in [3.05, 3.63) is 29.8 Å². The summed E-state index contributed by atoms with van der Waals surface area (Å²) in [6.45, 7) is 2.07. The molecule has 4 fully saturated rings. The maximum Gasteiger partial charge on any atom is 0.224 e. The number of hydrogen-bond donors (Lipinski definition) is 1. The van der Waals surface area contributed by atoms with Gasteiger partial charge in [0.1, 0.15) is 0 Å². The number of nitrogens with one attached hydrogen (secondary N) is 1. The van der Waals surface area contributed by atoms with Crippen LogP contribution < -0.4 is 5.32 Å². The predicted molar refractivity (Wildman–Crippen MR) is 89.6 cm³/mol. The van der Waals surface area contributed by atoms with E-state index in [1.807, 2.05) is 12.1 Å². The maximum absolute atomic E-state index is 12.3. The lowest BCUT2D eigenvalue weighted by atomic mass is 9.48. The average Bonchev–Trinajstić information content (AvgIpc) is 2.46. The van der Waals surface area contributed by atoms with Gasteiger partial charge in [-0.25, -0.2) is 0 Å². The number of amides is 1. The largest absolute Gasteiger partial charge is 0.326 e. The molecule has 0 radical (unpaired) electrons. The number of rotatable bonds is 4. The number of anilines is 1. The Morgan fingerprint density at radius 1 is 1.05 bits per heavy atom. The lowest BCUT2D eigenvalue weighted by Gasteiger charge is -2.57. The van der Waals surface area contributed by atoms with Crippen LogP contribution in [-0.4, -0.2) is 5.91 Å². The molecular formula is C20H27NO. The Labute approximate surface area is 133 Å². The first-order valence-corrected chi connectivity index (χ1v) is 8.97. The molecule has 0 aliphatic heterocycles. The van der Waals surface area contributed by atoms with Crippen LogP contribution in [0.1, 0.15) is 56.9 Å². The van der Waals surface area contributed by atoms with Gasteiger partial charge in [0.25, 0.3) is 0 Å². The third-order valence-corrected chi connectivity index (χ3v) is 6.38. The fourth-order valence-corrected chi connectivity index (χ4v) is 5.84. The summed E-state index contributed by atoms with van der Waals surface area (Å²) in [4.78, 5) is 12.3. The van der Waals surface area contributed by atoms with Crippen molar-refractivity contribution in [1.29, 1.82) is 0 Å². The van der Waals surface area contributed by atoms with Crippen LogP contribution in [0.25, 0.3) is 0 Å². The van der Waals surface area contributed by atoms with E-state index in [0.717, 1.165) is 29.9 Å². The Bertz CT molecular complexity index is 524. The normalized spacial score (nSPS) is 35.6. The molecule has 4 aliphatic carbocycles. The molecule has 1 N–H and O–H groups in total. The zero-order chi connectivity index (χ0) is 15.2. The van der Waals surface area contributed by atoms with Gasteiger partial charge in [-0.1, -0.05) is 17.7 Å². The molecular weight excluding hydrogens is 270 g/mol. The molecule has 1 aromatic rings. The van der Waals surface area contributed by atoms with Crippen LogP contribution in [-0.2, 0) is 4.79 Å². The van der Waals surface area contributed by atoms with Crippen molar-refractivity contribution >= 4 is 11.6 Å². The summed E-state index contributed by atoms with van der Waals surface area (Å²) in [5.74, 6) is 3.13. The number of carbonyl (C=O) groups is 1. The minimum atomic E-state index is 0.194. The highest BCUT2D eigenvalue weighted by molar-refractivity contribution is 5.90. The number of benzene rings is 1. The van der Waals surface area contributed by atoms with Gasteiger partial charge in [-0.05, 0) is 87.2 Å². The molecule has 4 bridgehead atoms. The van der Waals surface area contributed by atoms with Crippen molar-refractivity contribution in [1.82, 2.24) is 0 Å². The average molecular weight is 297 g/mol. The molecule has 4 saturated carbocycles. The molecule has 0 atom stereocenters. The highest BCUT2D eigenvalue weighted by Crippen LogP contribution is 2.61. The summed E-state index contributed by atoms with van der Waals surface area (Å²) in [5.41, 5.74) is 2.67. The van der Waals surface area contributed by atoms with Crippen LogP contribution in [0.5, 0.6) is 0 Å². The van der Waals surface area contributed by atoms with Crippen molar-refractivity contribution in [2.75, 3.05) is 5.32 Å². The van der Waals surface area contributed by atoms with Crippen LogP contribution in [0.4, 0.5) is 5.69 Å². The van der Waals surface area contributed by atoms with Crippen LogP contribution >= 0.6 is 0 Å². The Morgan fingerprint density at radius 3 is 2.14 bits per heavy atom. The number of hydrogen-bond acceptors (Lipinski definition) is 1. The minimum absolute atomic E-state index is 0.194. The van der Waals surface area contributed by atoms with Gasteiger partial charge < -0.3 is 5.32 Å². The SMILES string of the molecule is Cc1ccc(NC(=O)CCC23CC4CC(CC(C4)C2)C3)cc1. The minimum Gasteiger partial charge on any atom is -0.326 e. The van der Waals surface area contributed by atoms with Gasteiger partial charge in [0, 0.05) is 12.1 Å². The van der Waals surface area contributed by atoms with E-state index in [1.54, 1.807) is 0 Å². The molecule has 0 spiro atoms. The van der Waals surface area contributed by atoms with Gasteiger partial charge in [0.2, 0.25) is 5.91 Å². The molecule has 1 amide bonds. The molecule has 2 nitrogen and oxygen atoms in total. The molecule has 1 aromatic carbocycles. The van der Waals surface area contributed by atoms with E-state index in [1.165, 1.54) is 44.1 Å². The van der Waals surface area contributed by atoms with Crippen LogP contribution in [0.3, 0.4) is 0 Å². The van der Waals surface area contributed by atoms with Crippen LogP contribution in [0, 0.1) is 30.1 Å². The molecule has 0 unspecified atom stereocenters. The summed E-state index contributed by atoms with van der Waals surface area (Å²) in [5, 5.41) is 3.06. The third-order valence-electron chi connectivity index (χ3n) is 6.38. The summed E-state index contributed by atoms with van der Waals surface area (Å²) in [7, 11) is 0. The molecule has 2 heteroatoms. The van der Waals surface area contributed by atoms with Crippen molar-refractivity contribution < 1.29 is 4.79 Å². The van der Waals surface area contributed by atoms with Gasteiger partial charge in [-0.2, -0.15) is 0 Å². The lowest BCUT2D eigenvalue weighted by Crippen LogP contribution is -2.46. The Kier molecular flexibility index (Phi) is 3.51. The van der Waals surface area contributed by atoms with E-state index in [0.29, 0.717) is 11.8 Å². The van der Waals surface area contributed by atoms with Gasteiger partial charge >= 0.3 is 0 Å². The molecule has 5 rings (SSSR count). The predicted octanol–water partition coefficient (Wildman–Crippen LogP) is 4.93. The quantitative estimate of drug-likeness (QED) is 0.838. The molecule has 118 valence electrons. The highest BCUT2D eigenvalue weighted by atomic mass is 16.1. The fourth-order valence-electron chi connectivity index (χ4n) is 5.84. The van der Waals surface area contributed by atoms with Gasteiger partial charge in [-0.3, -0.25) is 4.79 Å². The van der Waals surface area contributed by atoms with Gasteiger partial charge in [0.05, 0.1) is 0 Å². The lowest BCUT2D eigenvalue weighted by molar-refractivity contribution is -0.118. The molecule has 22 heavy (non-hydrogen) atoms. The van der Waals surface area contributed by atoms with E-state index in [2.05, 4.69) is 24.4 Å². The molecule has 0 heterocycles. The van der Waals surface area contributed by atoms with E-state index in [-0.39, 0.29) is 5.91 Å². The van der Waals surface area contributed by atoms with E-state index in [9.17, 15) is 4.79 Å². The van der Waals surface area contributed by atoms with E-state index >= 15 is 0 Å². The second-order valence-electron chi connectivity index (χ2n) is 8.33. The zero-order valence-electron chi connectivity index (χ0n) is 13.6. The van der Waals surface area contributed by atoms with Crippen molar-refractivity contribution in [2.24, 2.45) is 23.2 Å². The summed E-state index contributed by atoms with van der Waals surface area (Å²) < 4.78 is 0. The van der Waals surface area contributed by atoms with Crippen LogP contribution in [0.2, 0.25) is 0 Å². The Morgan fingerprint density at radius 2 is 1.59 bits per heavy atom. The summed E-state index contributed by atoms with van der Waals surface area (Å²) in [6.07, 6.45) is 10.4. The summed E-state index contributed by atoms with van der Waals surface area (Å²) >= 11 is 0. The number of carbonyl (C=O) groups excluding carboxylic acids is 1. The highest BCUT2D eigenvalue weighted by Gasteiger charge is 2.50. The first kappa shape index (κ1) is 14.3. The number of aryl methyl sites for hydroxylation is 1. The van der Waals surface area contributed by atoms with Crippen molar-refractivity contribution in [2.45, 2.75) is 58.3 Å². The van der Waals surface area contributed by atoms with Crippen molar-refractivity contribution in [3.63, 3.8) is 0 Å². The topological polar surface area (TPSA) is 29.1 Å². The van der Waals surface area contributed by atoms with Crippen molar-refractivity contribution in [3.8, 4) is 0 Å². The zero-order valence-corrected chi connectivity index (χ0v) is 13.6. The molecule has 0 aromatic heterocycles. The van der Waals surface area contributed by atoms with Crippen LogP contribution in [0.15, 0.2) is 24.3 Å². The maximum atomic E-state index is 12.3. The van der Waals surface area contributed by atoms with E-state index < -0.39 is 0 Å². The summed E-state index contributed by atoms with van der Waals surface area (Å²) in [6, 6.07) is 8.10. The van der Waals surface area contributed by atoms with E-state index in [4.69, 9.17) is 0 Å². The Balaban J connectivity index is 1.34. The van der Waals surface area contributed by atoms with Gasteiger partial charge in [0.15, 0.2) is 0 Å². The fraction of sp³-hybridized carbons (Fsp3) is 0.650. The molecule has 0 saturated heterocycles. The smallest absolute Gasteiger partial charge is 0.224 e. The second kappa shape index (κ2) is 5.40. The first-order valence-electron chi connectivity index (χ1n) is 8.97. The monoisotopic (exact) mass is 297 g/mol. The third kappa shape index (κ3) is 2.80. The molecule has 4 aliphatic rings. The van der Waals surface area contributed by atoms with Gasteiger partial charge in [-0.15, -0.1) is 0 Å². The second-order valence-corrected chi connectivity index (χ2v) is 8.33. The first-order chi connectivity index (χ1) is 10.6. The Hall–Kier alpha value is -1.31. The standard InChI is InChI=1S/C20H27NO/c1-14-2-4-18(5-3-14)21-19(22)6-7-20-11-15-8-16(12-20)10-17(9-15)13-20/h2-5,15-17H,6-13H2,1H3,(H,21,22).